The predicted molar refractivity (Wildman–Crippen MR) is 85.7 cm³/mol. The fourth-order valence-electron chi connectivity index (χ4n) is 3.53. The number of morpholine rings is 1. The molecule has 0 saturated carbocycles. The lowest BCUT2D eigenvalue weighted by Gasteiger charge is -2.35. The molecule has 7 nitrogen and oxygen atoms in total. The van der Waals surface area contributed by atoms with Crippen molar-refractivity contribution in [1.29, 1.82) is 0 Å². The Bertz CT molecular complexity index is 510. The summed E-state index contributed by atoms with van der Waals surface area (Å²) in [5.74, 6) is 2.53. The third-order valence-corrected chi connectivity index (χ3v) is 4.87. The molecule has 0 atom stereocenters. The quantitative estimate of drug-likeness (QED) is 0.820. The second-order valence-electron chi connectivity index (χ2n) is 6.27. The van der Waals surface area contributed by atoms with E-state index in [0.29, 0.717) is 5.92 Å². The maximum atomic E-state index is 5.65. The topological polar surface area (TPSA) is 60.0 Å². The first-order valence-corrected chi connectivity index (χ1v) is 8.53. The van der Waals surface area contributed by atoms with Gasteiger partial charge in [0.1, 0.15) is 18.0 Å². The molecule has 0 aliphatic carbocycles. The highest BCUT2D eigenvalue weighted by molar-refractivity contribution is 5.50. The fourth-order valence-corrected chi connectivity index (χ4v) is 3.53. The lowest BCUT2D eigenvalue weighted by molar-refractivity contribution is -0.0889. The normalized spacial score (nSPS) is 24.3. The van der Waals surface area contributed by atoms with Gasteiger partial charge in [0.05, 0.1) is 26.4 Å². The Morgan fingerprint density at radius 2 is 1.43 bits per heavy atom. The molecule has 0 aromatic carbocycles. The standard InChI is InChI=1S/C16H24N4O3/c1-3-19(4-2-13(1)16-22-9-10-23-16)14-11-15(18-12-17-14)20-5-7-21-8-6-20/h11-13,16H,1-10H2. The summed E-state index contributed by atoms with van der Waals surface area (Å²) in [6, 6.07) is 2.11. The van der Waals surface area contributed by atoms with Gasteiger partial charge in [-0.2, -0.15) is 0 Å². The van der Waals surface area contributed by atoms with Crippen molar-refractivity contribution in [1.82, 2.24) is 9.97 Å². The van der Waals surface area contributed by atoms with E-state index in [9.17, 15) is 0 Å². The number of nitrogens with zero attached hydrogens (tertiary/aromatic N) is 4. The molecule has 3 fully saturated rings. The smallest absolute Gasteiger partial charge is 0.160 e. The molecule has 7 heteroatoms. The molecule has 1 aromatic heterocycles. The molecule has 126 valence electrons. The number of hydrogen-bond acceptors (Lipinski definition) is 7. The molecule has 0 N–H and O–H groups in total. The van der Waals surface area contributed by atoms with Gasteiger partial charge < -0.3 is 24.0 Å². The third-order valence-electron chi connectivity index (χ3n) is 4.87. The number of piperidine rings is 1. The monoisotopic (exact) mass is 320 g/mol. The van der Waals surface area contributed by atoms with E-state index in [-0.39, 0.29) is 6.29 Å². The van der Waals surface area contributed by atoms with Crippen molar-refractivity contribution in [3.05, 3.63) is 12.4 Å². The maximum absolute atomic E-state index is 5.65. The van der Waals surface area contributed by atoms with Crippen molar-refractivity contribution in [3.8, 4) is 0 Å². The highest BCUT2D eigenvalue weighted by atomic mass is 16.7. The van der Waals surface area contributed by atoms with Crippen LogP contribution in [0.25, 0.3) is 0 Å². The first-order valence-electron chi connectivity index (χ1n) is 8.53. The molecule has 0 unspecified atom stereocenters. The van der Waals surface area contributed by atoms with Crippen LogP contribution in [0.1, 0.15) is 12.8 Å². The van der Waals surface area contributed by atoms with Gasteiger partial charge in [0.25, 0.3) is 0 Å². The first-order chi connectivity index (χ1) is 11.4. The minimum absolute atomic E-state index is 0.00598. The summed E-state index contributed by atoms with van der Waals surface area (Å²) in [6.45, 7) is 6.79. The van der Waals surface area contributed by atoms with Gasteiger partial charge in [0.2, 0.25) is 0 Å². The lowest BCUT2D eigenvalue weighted by Crippen LogP contribution is -2.39. The van der Waals surface area contributed by atoms with Crippen LogP contribution in [-0.2, 0) is 14.2 Å². The Balaban J connectivity index is 1.38. The van der Waals surface area contributed by atoms with Gasteiger partial charge in [-0.3, -0.25) is 0 Å². The first kappa shape index (κ1) is 15.1. The second-order valence-corrected chi connectivity index (χ2v) is 6.27. The highest BCUT2D eigenvalue weighted by Crippen LogP contribution is 2.28. The largest absolute Gasteiger partial charge is 0.378 e. The van der Waals surface area contributed by atoms with Crippen LogP contribution in [0.2, 0.25) is 0 Å². The number of ether oxygens (including phenoxy) is 3. The Labute approximate surface area is 136 Å². The summed E-state index contributed by atoms with van der Waals surface area (Å²) in [4.78, 5) is 13.5. The molecule has 3 aliphatic heterocycles. The number of hydrogen-bond donors (Lipinski definition) is 0. The molecule has 3 aliphatic rings. The summed E-state index contributed by atoms with van der Waals surface area (Å²) in [5.41, 5.74) is 0. The zero-order chi connectivity index (χ0) is 15.5. The Kier molecular flexibility index (Phi) is 4.59. The summed E-state index contributed by atoms with van der Waals surface area (Å²) in [7, 11) is 0. The van der Waals surface area contributed by atoms with Crippen LogP contribution in [0.3, 0.4) is 0 Å². The predicted octanol–water partition coefficient (Wildman–Crippen LogP) is 0.902. The Morgan fingerprint density at radius 3 is 2.09 bits per heavy atom. The molecule has 0 amide bonds. The molecule has 4 heterocycles. The summed E-state index contributed by atoms with van der Waals surface area (Å²) < 4.78 is 16.7. The van der Waals surface area contributed by atoms with Crippen molar-refractivity contribution in [2.75, 3.05) is 62.4 Å². The van der Waals surface area contributed by atoms with E-state index in [2.05, 4.69) is 25.8 Å². The zero-order valence-corrected chi connectivity index (χ0v) is 13.4. The molecule has 0 spiro atoms. The van der Waals surface area contributed by atoms with Gasteiger partial charge in [0, 0.05) is 38.2 Å². The average Bonchev–Trinajstić information content (AvgIpc) is 3.17. The van der Waals surface area contributed by atoms with Crippen molar-refractivity contribution in [2.24, 2.45) is 5.92 Å². The minimum Gasteiger partial charge on any atom is -0.378 e. The van der Waals surface area contributed by atoms with E-state index in [0.717, 1.165) is 77.1 Å². The molecular weight excluding hydrogens is 296 g/mol. The second kappa shape index (κ2) is 6.98. The van der Waals surface area contributed by atoms with Crippen molar-refractivity contribution in [2.45, 2.75) is 19.1 Å². The summed E-state index contributed by atoms with van der Waals surface area (Å²) >= 11 is 0. The van der Waals surface area contributed by atoms with E-state index in [1.54, 1.807) is 6.33 Å². The van der Waals surface area contributed by atoms with E-state index in [4.69, 9.17) is 14.2 Å². The molecule has 0 bridgehead atoms. The van der Waals surface area contributed by atoms with Gasteiger partial charge >= 0.3 is 0 Å². The van der Waals surface area contributed by atoms with Crippen molar-refractivity contribution in [3.63, 3.8) is 0 Å². The minimum atomic E-state index is 0.00598. The van der Waals surface area contributed by atoms with Crippen LogP contribution < -0.4 is 9.80 Å². The van der Waals surface area contributed by atoms with Crippen LogP contribution >= 0.6 is 0 Å². The van der Waals surface area contributed by atoms with E-state index >= 15 is 0 Å². The maximum Gasteiger partial charge on any atom is 0.160 e. The van der Waals surface area contributed by atoms with Gasteiger partial charge in [-0.05, 0) is 12.8 Å². The van der Waals surface area contributed by atoms with Crippen molar-refractivity contribution < 1.29 is 14.2 Å². The van der Waals surface area contributed by atoms with Gasteiger partial charge in [-0.1, -0.05) is 0 Å². The average molecular weight is 320 g/mol. The Hall–Kier alpha value is -1.44. The van der Waals surface area contributed by atoms with Gasteiger partial charge in [-0.25, -0.2) is 9.97 Å². The zero-order valence-electron chi connectivity index (χ0n) is 13.4. The fraction of sp³-hybridized carbons (Fsp3) is 0.750. The van der Waals surface area contributed by atoms with Crippen LogP contribution in [0, 0.1) is 5.92 Å². The number of rotatable bonds is 3. The molecule has 1 aromatic rings. The molecule has 0 radical (unpaired) electrons. The molecule has 3 saturated heterocycles. The summed E-state index contributed by atoms with van der Waals surface area (Å²) in [5, 5.41) is 0. The van der Waals surface area contributed by atoms with Crippen LogP contribution in [0.15, 0.2) is 12.4 Å². The van der Waals surface area contributed by atoms with Gasteiger partial charge in [-0.15, -0.1) is 0 Å². The van der Waals surface area contributed by atoms with Gasteiger partial charge in [0.15, 0.2) is 6.29 Å². The molecule has 23 heavy (non-hydrogen) atoms. The highest BCUT2D eigenvalue weighted by Gasteiger charge is 2.30. The Morgan fingerprint density at radius 1 is 0.826 bits per heavy atom. The van der Waals surface area contributed by atoms with E-state index in [1.165, 1.54) is 0 Å². The molecule has 4 rings (SSSR count). The van der Waals surface area contributed by atoms with Crippen LogP contribution in [0.5, 0.6) is 0 Å². The summed E-state index contributed by atoms with van der Waals surface area (Å²) in [6.07, 6.45) is 3.85. The molecular formula is C16H24N4O3. The number of anilines is 2. The van der Waals surface area contributed by atoms with Crippen LogP contribution in [0.4, 0.5) is 11.6 Å². The lowest BCUT2D eigenvalue weighted by atomic mass is 9.96. The van der Waals surface area contributed by atoms with E-state index < -0.39 is 0 Å². The third kappa shape index (κ3) is 3.41. The van der Waals surface area contributed by atoms with E-state index in [1.807, 2.05) is 0 Å². The van der Waals surface area contributed by atoms with Crippen LogP contribution in [-0.4, -0.2) is 68.9 Å². The number of aromatic nitrogens is 2. The van der Waals surface area contributed by atoms with Crippen molar-refractivity contribution >= 4 is 11.6 Å². The SMILES string of the molecule is c1nc(N2CCOCC2)cc(N2CCC(C3OCCO3)CC2)n1.